The number of hydrogen-bond acceptors (Lipinski definition) is 6. The van der Waals surface area contributed by atoms with Crippen molar-refractivity contribution in [1.29, 1.82) is 0 Å². The summed E-state index contributed by atoms with van der Waals surface area (Å²) in [5.74, 6) is -0.369. The maximum atomic E-state index is 12.6. The normalized spacial score (nSPS) is 11.3. The number of hydrogen-bond donors (Lipinski definition) is 2. The maximum absolute atomic E-state index is 12.6. The van der Waals surface area contributed by atoms with Crippen molar-refractivity contribution in [2.45, 2.75) is 17.4 Å². The summed E-state index contributed by atoms with van der Waals surface area (Å²) in [6, 6.07) is 4.51. The zero-order valence-corrected chi connectivity index (χ0v) is 13.6. The van der Waals surface area contributed by atoms with E-state index in [-0.39, 0.29) is 11.4 Å². The lowest BCUT2D eigenvalue weighted by Crippen LogP contribution is -2.15. The third kappa shape index (κ3) is 5.39. The predicted molar refractivity (Wildman–Crippen MR) is 84.9 cm³/mol. The molecule has 0 aliphatic carbocycles. The summed E-state index contributed by atoms with van der Waals surface area (Å²) in [5, 5.41) is 13.9. The summed E-state index contributed by atoms with van der Waals surface area (Å²) >= 11 is 2.49. The first-order valence-corrected chi connectivity index (χ1v) is 8.36. The quantitative estimate of drug-likeness (QED) is 0.767. The summed E-state index contributed by atoms with van der Waals surface area (Å²) in [6.07, 6.45) is -4.44. The van der Waals surface area contributed by atoms with Gasteiger partial charge in [-0.3, -0.25) is 4.79 Å². The van der Waals surface area contributed by atoms with Gasteiger partial charge in [0, 0.05) is 12.2 Å². The van der Waals surface area contributed by atoms with Gasteiger partial charge in [-0.25, -0.2) is 0 Å². The fraction of sp³-hybridized carbons (Fsp3) is 0.308. The van der Waals surface area contributed by atoms with Gasteiger partial charge in [-0.2, -0.15) is 13.2 Å². The lowest BCUT2D eigenvalue weighted by Gasteiger charge is -2.09. The van der Waals surface area contributed by atoms with Gasteiger partial charge in [0.2, 0.25) is 11.0 Å². The Labute approximate surface area is 138 Å². The Morgan fingerprint density at radius 1 is 1.35 bits per heavy atom. The van der Waals surface area contributed by atoms with Gasteiger partial charge in [-0.05, 0) is 25.1 Å². The van der Waals surface area contributed by atoms with Crippen LogP contribution in [0.1, 0.15) is 12.5 Å². The van der Waals surface area contributed by atoms with Crippen LogP contribution in [-0.4, -0.2) is 28.4 Å². The molecular formula is C13H13F3N4OS2. The third-order valence-electron chi connectivity index (χ3n) is 2.53. The van der Waals surface area contributed by atoms with Crippen molar-refractivity contribution in [3.05, 3.63) is 29.8 Å². The lowest BCUT2D eigenvalue weighted by molar-refractivity contribution is -0.137. The predicted octanol–water partition coefficient (Wildman–Crippen LogP) is 3.72. The van der Waals surface area contributed by atoms with Crippen LogP contribution in [0.25, 0.3) is 0 Å². The number of benzene rings is 1. The number of alkyl halides is 3. The van der Waals surface area contributed by atoms with Crippen LogP contribution in [0, 0.1) is 0 Å². The van der Waals surface area contributed by atoms with Crippen LogP contribution in [0.2, 0.25) is 0 Å². The number of rotatable bonds is 6. The van der Waals surface area contributed by atoms with E-state index in [9.17, 15) is 18.0 Å². The number of thioether (sulfide) groups is 1. The van der Waals surface area contributed by atoms with Gasteiger partial charge in [-0.15, -0.1) is 10.2 Å². The minimum absolute atomic E-state index is 0.0387. The fourth-order valence-corrected chi connectivity index (χ4v) is 3.21. The minimum Gasteiger partial charge on any atom is -0.360 e. The van der Waals surface area contributed by atoms with Crippen molar-refractivity contribution in [2.75, 3.05) is 22.9 Å². The van der Waals surface area contributed by atoms with E-state index in [0.29, 0.717) is 9.47 Å². The second-order valence-electron chi connectivity index (χ2n) is 4.32. The first-order valence-electron chi connectivity index (χ1n) is 6.55. The molecule has 0 aliphatic rings. The average Bonchev–Trinajstić information content (AvgIpc) is 2.93. The van der Waals surface area contributed by atoms with E-state index < -0.39 is 17.6 Å². The van der Waals surface area contributed by atoms with Gasteiger partial charge in [0.1, 0.15) is 0 Å². The summed E-state index contributed by atoms with van der Waals surface area (Å²) in [4.78, 5) is 11.8. The van der Waals surface area contributed by atoms with Gasteiger partial charge in [-0.1, -0.05) is 29.2 Å². The largest absolute Gasteiger partial charge is 0.416 e. The van der Waals surface area contributed by atoms with E-state index in [1.54, 1.807) is 0 Å². The summed E-state index contributed by atoms with van der Waals surface area (Å²) in [7, 11) is 0. The number of halogens is 3. The van der Waals surface area contributed by atoms with Gasteiger partial charge in [0.15, 0.2) is 4.34 Å². The van der Waals surface area contributed by atoms with Gasteiger partial charge >= 0.3 is 6.18 Å². The standard InChI is InChI=1S/C13H13F3N4OS2/c1-2-17-11-19-20-12(23-11)22-7-10(21)18-9-5-3-4-8(6-9)13(14,15)16/h3-6H,2,7H2,1H3,(H,17,19)(H,18,21). The van der Waals surface area contributed by atoms with Crippen molar-refractivity contribution in [1.82, 2.24) is 10.2 Å². The first kappa shape index (κ1) is 17.5. The second-order valence-corrected chi connectivity index (χ2v) is 6.52. The number of nitrogens with zero attached hydrogens (tertiary/aromatic N) is 2. The topological polar surface area (TPSA) is 66.9 Å². The highest BCUT2D eigenvalue weighted by Gasteiger charge is 2.30. The molecule has 1 heterocycles. The van der Waals surface area contributed by atoms with Crippen LogP contribution in [0.4, 0.5) is 24.0 Å². The van der Waals surface area contributed by atoms with Gasteiger partial charge in [0.25, 0.3) is 0 Å². The van der Waals surface area contributed by atoms with Crippen LogP contribution in [0.5, 0.6) is 0 Å². The van der Waals surface area contributed by atoms with Crippen molar-refractivity contribution in [3.8, 4) is 0 Å². The zero-order valence-electron chi connectivity index (χ0n) is 12.0. The molecule has 0 spiro atoms. The Balaban J connectivity index is 1.89. The number of anilines is 2. The molecule has 2 rings (SSSR count). The highest BCUT2D eigenvalue weighted by atomic mass is 32.2. The molecular weight excluding hydrogens is 349 g/mol. The van der Waals surface area contributed by atoms with Crippen molar-refractivity contribution < 1.29 is 18.0 Å². The number of nitrogens with one attached hydrogen (secondary N) is 2. The smallest absolute Gasteiger partial charge is 0.360 e. The van der Waals surface area contributed by atoms with Crippen molar-refractivity contribution in [3.63, 3.8) is 0 Å². The van der Waals surface area contributed by atoms with E-state index in [1.165, 1.54) is 35.2 Å². The molecule has 0 aliphatic heterocycles. The number of amides is 1. The van der Waals surface area contributed by atoms with Crippen LogP contribution >= 0.6 is 23.1 Å². The summed E-state index contributed by atoms with van der Waals surface area (Å²) in [5.41, 5.74) is -0.696. The van der Waals surface area contributed by atoms with Crippen molar-refractivity contribution >= 4 is 39.8 Å². The van der Waals surface area contributed by atoms with E-state index in [0.717, 1.165) is 18.7 Å². The minimum atomic E-state index is -4.44. The third-order valence-corrected chi connectivity index (χ3v) is 4.55. The molecule has 0 unspecified atom stereocenters. The van der Waals surface area contributed by atoms with Crippen molar-refractivity contribution in [2.24, 2.45) is 0 Å². The molecule has 124 valence electrons. The zero-order chi connectivity index (χ0) is 16.9. The molecule has 5 nitrogen and oxygen atoms in total. The molecule has 2 aromatic rings. The van der Waals surface area contributed by atoms with Crippen LogP contribution < -0.4 is 10.6 Å². The number of carbonyl (C=O) groups excluding carboxylic acids is 1. The molecule has 1 aromatic carbocycles. The number of carbonyl (C=O) groups is 1. The van der Waals surface area contributed by atoms with Gasteiger partial charge < -0.3 is 10.6 Å². The summed E-state index contributed by atoms with van der Waals surface area (Å²) in [6.45, 7) is 2.64. The molecule has 1 amide bonds. The highest BCUT2D eigenvalue weighted by Crippen LogP contribution is 2.31. The Bertz CT molecular complexity index is 675. The van der Waals surface area contributed by atoms with Crippen LogP contribution in [0.3, 0.4) is 0 Å². The van der Waals surface area contributed by atoms with Crippen LogP contribution in [-0.2, 0) is 11.0 Å². The Hall–Kier alpha value is -1.81. The average molecular weight is 362 g/mol. The van der Waals surface area contributed by atoms with Crippen LogP contribution in [0.15, 0.2) is 28.6 Å². The second kappa shape index (κ2) is 7.64. The Morgan fingerprint density at radius 3 is 2.83 bits per heavy atom. The lowest BCUT2D eigenvalue weighted by atomic mass is 10.2. The van der Waals surface area contributed by atoms with E-state index >= 15 is 0 Å². The monoisotopic (exact) mass is 362 g/mol. The van der Waals surface area contributed by atoms with E-state index in [2.05, 4.69) is 20.8 Å². The first-order chi connectivity index (χ1) is 10.9. The molecule has 23 heavy (non-hydrogen) atoms. The molecule has 2 N–H and O–H groups in total. The Kier molecular flexibility index (Phi) is 5.83. The molecule has 10 heteroatoms. The Morgan fingerprint density at radius 2 is 2.13 bits per heavy atom. The number of aromatic nitrogens is 2. The maximum Gasteiger partial charge on any atom is 0.416 e. The fourth-order valence-electron chi connectivity index (χ4n) is 1.59. The molecule has 0 saturated heterocycles. The molecule has 0 atom stereocenters. The molecule has 0 saturated carbocycles. The SMILES string of the molecule is CCNc1nnc(SCC(=O)Nc2cccc(C(F)(F)F)c2)s1. The molecule has 0 radical (unpaired) electrons. The molecule has 0 fully saturated rings. The summed E-state index contributed by atoms with van der Waals surface area (Å²) < 4.78 is 38.4. The van der Waals surface area contributed by atoms with Gasteiger partial charge in [0.05, 0.1) is 11.3 Å². The highest BCUT2D eigenvalue weighted by molar-refractivity contribution is 8.01. The molecule has 1 aromatic heterocycles. The molecule has 0 bridgehead atoms. The van der Waals surface area contributed by atoms with E-state index in [4.69, 9.17) is 0 Å². The van der Waals surface area contributed by atoms with E-state index in [1.807, 2.05) is 6.92 Å².